The summed E-state index contributed by atoms with van der Waals surface area (Å²) in [7, 11) is -4.19. The minimum atomic E-state index is -4.60. The molecule has 1 amide bonds. The van der Waals surface area contributed by atoms with Crippen LogP contribution in [0.5, 0.6) is 0 Å². The van der Waals surface area contributed by atoms with Crippen molar-refractivity contribution in [1.29, 1.82) is 0 Å². The number of hydrogen-bond donors (Lipinski definition) is 1. The highest BCUT2D eigenvalue weighted by atomic mass is 35.5. The Labute approximate surface area is 206 Å². The van der Waals surface area contributed by atoms with E-state index in [0.717, 1.165) is 27.7 Å². The second-order valence-corrected chi connectivity index (χ2v) is 9.91. The Hall–Kier alpha value is -3.37. The molecule has 0 atom stereocenters. The molecule has 0 spiro atoms. The van der Waals surface area contributed by atoms with E-state index in [4.69, 9.17) is 11.6 Å². The molecule has 0 aliphatic heterocycles. The smallest absolute Gasteiger partial charge is 0.271 e. The Morgan fingerprint density at radius 1 is 1.03 bits per heavy atom. The summed E-state index contributed by atoms with van der Waals surface area (Å²) in [4.78, 5) is 12.5. The second kappa shape index (κ2) is 10.5. The first kappa shape index (κ1) is 26.2. The van der Waals surface area contributed by atoms with Gasteiger partial charge >= 0.3 is 6.18 Å². The van der Waals surface area contributed by atoms with Gasteiger partial charge in [0, 0.05) is 10.6 Å². The number of hydrogen-bond acceptors (Lipinski definition) is 4. The van der Waals surface area contributed by atoms with Crippen LogP contribution >= 0.6 is 11.6 Å². The predicted octanol–water partition coefficient (Wildman–Crippen LogP) is 5.32. The highest BCUT2D eigenvalue weighted by Gasteiger charge is 2.32. The van der Waals surface area contributed by atoms with E-state index in [1.165, 1.54) is 42.5 Å². The third-order valence-corrected chi connectivity index (χ3v) is 7.17. The van der Waals surface area contributed by atoms with Crippen LogP contribution in [0, 0.1) is 13.8 Å². The molecule has 184 valence electrons. The summed E-state index contributed by atoms with van der Waals surface area (Å²) >= 11 is 5.87. The van der Waals surface area contributed by atoms with E-state index >= 15 is 0 Å². The van der Waals surface area contributed by atoms with E-state index in [2.05, 4.69) is 10.5 Å². The lowest BCUT2D eigenvalue weighted by Gasteiger charge is -2.24. The van der Waals surface area contributed by atoms with Crippen LogP contribution in [-0.2, 0) is 21.0 Å². The molecule has 0 aliphatic carbocycles. The van der Waals surface area contributed by atoms with Crippen molar-refractivity contribution in [2.45, 2.75) is 24.9 Å². The standard InChI is InChI=1S/C24H21ClF3N3O3S/c1-16-7-10-20(13-17(16)2)31(35(33,34)21-11-8-19(25)9-12-21)15-23(32)30-29-14-18-5-3-4-6-22(18)24(26,27)28/h3-14H,15H2,1-2H3,(H,30,32)/b29-14-. The topological polar surface area (TPSA) is 78.8 Å². The van der Waals surface area contributed by atoms with Gasteiger partial charge in [0.15, 0.2) is 0 Å². The number of rotatable bonds is 7. The number of aryl methyl sites for hydroxylation is 2. The molecule has 6 nitrogen and oxygen atoms in total. The number of benzene rings is 3. The van der Waals surface area contributed by atoms with Gasteiger partial charge in [-0.25, -0.2) is 13.8 Å². The highest BCUT2D eigenvalue weighted by molar-refractivity contribution is 7.92. The summed E-state index contributed by atoms with van der Waals surface area (Å²) < 4.78 is 67.1. The summed E-state index contributed by atoms with van der Waals surface area (Å²) in [6.45, 7) is 3.00. The SMILES string of the molecule is Cc1ccc(N(CC(=O)N/N=C\c2ccccc2C(F)(F)F)S(=O)(=O)c2ccc(Cl)cc2)cc1C. The Morgan fingerprint density at radius 2 is 1.69 bits per heavy atom. The summed E-state index contributed by atoms with van der Waals surface area (Å²) in [6, 6.07) is 15.1. The zero-order valence-electron chi connectivity index (χ0n) is 18.7. The lowest BCUT2D eigenvalue weighted by molar-refractivity contribution is -0.137. The fraction of sp³-hybridized carbons (Fsp3) is 0.167. The van der Waals surface area contributed by atoms with Gasteiger partial charge in [0.1, 0.15) is 6.54 Å². The minimum absolute atomic E-state index is 0.0875. The van der Waals surface area contributed by atoms with Crippen LogP contribution in [0.15, 0.2) is 76.7 Å². The first-order valence-corrected chi connectivity index (χ1v) is 12.0. The van der Waals surface area contributed by atoms with Crippen LogP contribution in [0.2, 0.25) is 5.02 Å². The summed E-state index contributed by atoms with van der Waals surface area (Å²) in [5.74, 6) is -0.846. The van der Waals surface area contributed by atoms with Crippen LogP contribution in [0.3, 0.4) is 0 Å². The Morgan fingerprint density at radius 3 is 2.31 bits per heavy atom. The number of amides is 1. The van der Waals surface area contributed by atoms with E-state index in [1.54, 1.807) is 25.1 Å². The quantitative estimate of drug-likeness (QED) is 0.336. The molecule has 0 aromatic heterocycles. The lowest BCUT2D eigenvalue weighted by atomic mass is 10.1. The van der Waals surface area contributed by atoms with Crippen molar-refractivity contribution in [1.82, 2.24) is 5.43 Å². The second-order valence-electron chi connectivity index (χ2n) is 7.61. The minimum Gasteiger partial charge on any atom is -0.271 e. The van der Waals surface area contributed by atoms with Crippen molar-refractivity contribution in [3.05, 3.63) is 94.0 Å². The van der Waals surface area contributed by atoms with Gasteiger partial charge in [-0.05, 0) is 67.4 Å². The maximum atomic E-state index is 13.4. The summed E-state index contributed by atoms with van der Waals surface area (Å²) in [5, 5.41) is 3.94. The molecule has 0 fully saturated rings. The maximum absolute atomic E-state index is 13.4. The Kier molecular flexibility index (Phi) is 7.86. The molecule has 3 rings (SSSR count). The van der Waals surface area contributed by atoms with Gasteiger partial charge in [-0.3, -0.25) is 9.10 Å². The lowest BCUT2D eigenvalue weighted by Crippen LogP contribution is -2.39. The number of carbonyl (C=O) groups is 1. The van der Waals surface area contributed by atoms with Crippen LogP contribution in [0.1, 0.15) is 22.3 Å². The monoisotopic (exact) mass is 523 g/mol. The number of carbonyl (C=O) groups excluding carboxylic acids is 1. The average molecular weight is 524 g/mol. The molecule has 3 aromatic carbocycles. The Bertz CT molecular complexity index is 1360. The van der Waals surface area contributed by atoms with Gasteiger partial charge in [0.25, 0.3) is 15.9 Å². The molecule has 0 saturated heterocycles. The van der Waals surface area contributed by atoms with Gasteiger partial charge in [0.05, 0.1) is 22.4 Å². The first-order valence-electron chi connectivity index (χ1n) is 10.2. The highest BCUT2D eigenvalue weighted by Crippen LogP contribution is 2.31. The fourth-order valence-electron chi connectivity index (χ4n) is 3.14. The van der Waals surface area contributed by atoms with Crippen LogP contribution in [0.4, 0.5) is 18.9 Å². The van der Waals surface area contributed by atoms with E-state index in [0.29, 0.717) is 5.02 Å². The number of anilines is 1. The normalized spacial score (nSPS) is 12.1. The largest absolute Gasteiger partial charge is 0.417 e. The third-order valence-electron chi connectivity index (χ3n) is 5.13. The average Bonchev–Trinajstić information content (AvgIpc) is 2.79. The molecular formula is C24H21ClF3N3O3S. The van der Waals surface area contributed by atoms with Crippen LogP contribution in [0.25, 0.3) is 0 Å². The Balaban J connectivity index is 1.88. The number of nitrogens with one attached hydrogen (secondary N) is 1. The summed E-state index contributed by atoms with van der Waals surface area (Å²) in [5.41, 5.74) is 2.91. The van der Waals surface area contributed by atoms with Crippen molar-refractivity contribution in [3.63, 3.8) is 0 Å². The van der Waals surface area contributed by atoms with Crippen molar-refractivity contribution in [3.8, 4) is 0 Å². The number of halogens is 4. The fourth-order valence-corrected chi connectivity index (χ4v) is 4.68. The number of hydrazone groups is 1. The molecule has 0 unspecified atom stereocenters. The van der Waals surface area contributed by atoms with Crippen molar-refractivity contribution >= 4 is 39.4 Å². The van der Waals surface area contributed by atoms with Crippen molar-refractivity contribution in [2.75, 3.05) is 10.8 Å². The molecular weight excluding hydrogens is 503 g/mol. The molecule has 35 heavy (non-hydrogen) atoms. The van der Waals surface area contributed by atoms with Gasteiger partial charge in [-0.1, -0.05) is 35.9 Å². The van der Waals surface area contributed by atoms with Gasteiger partial charge < -0.3 is 0 Å². The van der Waals surface area contributed by atoms with Gasteiger partial charge in [0.2, 0.25) is 0 Å². The number of alkyl halides is 3. The van der Waals surface area contributed by atoms with Crippen LogP contribution in [-0.4, -0.2) is 27.1 Å². The van der Waals surface area contributed by atoms with E-state index < -0.39 is 34.2 Å². The third kappa shape index (κ3) is 6.40. The number of sulfonamides is 1. The van der Waals surface area contributed by atoms with Gasteiger partial charge in [-0.2, -0.15) is 18.3 Å². The molecule has 0 bridgehead atoms. The molecule has 0 aliphatic rings. The summed E-state index contributed by atoms with van der Waals surface area (Å²) in [6.07, 6.45) is -3.74. The molecule has 0 radical (unpaired) electrons. The van der Waals surface area contributed by atoms with E-state index in [1.807, 2.05) is 6.92 Å². The van der Waals surface area contributed by atoms with Crippen molar-refractivity contribution in [2.24, 2.45) is 5.10 Å². The molecule has 11 heteroatoms. The molecule has 3 aromatic rings. The van der Waals surface area contributed by atoms with Crippen LogP contribution < -0.4 is 9.73 Å². The zero-order valence-corrected chi connectivity index (χ0v) is 20.2. The maximum Gasteiger partial charge on any atom is 0.417 e. The number of nitrogens with zero attached hydrogens (tertiary/aromatic N) is 2. The molecule has 0 heterocycles. The molecule has 0 saturated carbocycles. The van der Waals surface area contributed by atoms with Gasteiger partial charge in [-0.15, -0.1) is 0 Å². The van der Waals surface area contributed by atoms with Crippen molar-refractivity contribution < 1.29 is 26.4 Å². The predicted molar refractivity (Wildman–Crippen MR) is 129 cm³/mol. The zero-order chi connectivity index (χ0) is 25.8. The van der Waals surface area contributed by atoms with E-state index in [-0.39, 0.29) is 16.1 Å². The van der Waals surface area contributed by atoms with E-state index in [9.17, 15) is 26.4 Å². The molecule has 1 N–H and O–H groups in total. The first-order chi connectivity index (χ1) is 16.4.